The molecule has 1 saturated heterocycles. The van der Waals surface area contributed by atoms with Crippen molar-refractivity contribution in [2.45, 2.75) is 185 Å². The fourth-order valence-corrected chi connectivity index (χ4v) is 5.67. The van der Waals surface area contributed by atoms with E-state index in [1.54, 1.807) is 0 Å². The van der Waals surface area contributed by atoms with E-state index in [0.29, 0.717) is 6.42 Å². The Balaban J connectivity index is 2.37. The van der Waals surface area contributed by atoms with Gasteiger partial charge in [0.2, 0.25) is 0 Å². The van der Waals surface area contributed by atoms with Gasteiger partial charge in [-0.3, -0.25) is 9.59 Å². The first-order chi connectivity index (χ1) is 24.3. The first-order valence-electron chi connectivity index (χ1n) is 19.6. The Hall–Kier alpha value is -2.08. The van der Waals surface area contributed by atoms with E-state index < -0.39 is 49.4 Å². The highest BCUT2D eigenvalue weighted by molar-refractivity contribution is 5.70. The molecule has 0 spiro atoms. The van der Waals surface area contributed by atoms with Gasteiger partial charge in [-0.25, -0.2) is 0 Å². The second-order valence-corrected chi connectivity index (χ2v) is 13.4. The summed E-state index contributed by atoms with van der Waals surface area (Å²) < 4.78 is 22.0. The first kappa shape index (κ1) is 45.9. The molecule has 290 valence electrons. The molecule has 0 amide bonds. The second kappa shape index (κ2) is 31.6. The van der Waals surface area contributed by atoms with Gasteiger partial charge in [-0.05, 0) is 44.9 Å². The highest BCUT2D eigenvalue weighted by atomic mass is 16.7. The summed E-state index contributed by atoms with van der Waals surface area (Å²) in [7, 11) is 0. The number of rotatable bonds is 31. The number of ether oxygens (including phenoxy) is 4. The van der Waals surface area contributed by atoms with Crippen LogP contribution >= 0.6 is 0 Å². The highest BCUT2D eigenvalue weighted by Crippen LogP contribution is 2.22. The van der Waals surface area contributed by atoms with Crippen LogP contribution in [0, 0.1) is 0 Å². The van der Waals surface area contributed by atoms with E-state index in [4.69, 9.17) is 18.9 Å². The van der Waals surface area contributed by atoms with E-state index in [0.717, 1.165) is 70.6 Å². The summed E-state index contributed by atoms with van der Waals surface area (Å²) in [5.41, 5.74) is 0. The maximum atomic E-state index is 12.7. The van der Waals surface area contributed by atoms with Crippen LogP contribution in [0.15, 0.2) is 36.5 Å². The number of hydrogen-bond donors (Lipinski definition) is 4. The number of allylic oxidation sites excluding steroid dienone is 6. The Labute approximate surface area is 302 Å². The lowest BCUT2D eigenvalue weighted by Crippen LogP contribution is -2.59. The number of hydrogen-bond acceptors (Lipinski definition) is 10. The normalized spacial score (nSPS) is 21.8. The van der Waals surface area contributed by atoms with E-state index in [2.05, 4.69) is 50.3 Å². The predicted octanol–water partition coefficient (Wildman–Crippen LogP) is 7.16. The van der Waals surface area contributed by atoms with Crippen LogP contribution in [0.3, 0.4) is 0 Å². The Bertz CT molecular complexity index is 918. The molecular weight excluding hydrogens is 640 g/mol. The topological polar surface area (TPSA) is 152 Å². The molecular formula is C40H70O10. The van der Waals surface area contributed by atoms with Crippen LogP contribution < -0.4 is 0 Å². The Morgan fingerprint density at radius 1 is 0.640 bits per heavy atom. The average Bonchev–Trinajstić information content (AvgIpc) is 3.11. The molecule has 0 aromatic heterocycles. The Morgan fingerprint density at radius 3 is 1.78 bits per heavy atom. The van der Waals surface area contributed by atoms with Gasteiger partial charge in [-0.2, -0.15) is 0 Å². The fourth-order valence-electron chi connectivity index (χ4n) is 5.67. The number of carbonyl (C=O) groups is 2. The molecule has 6 atom stereocenters. The monoisotopic (exact) mass is 710 g/mol. The van der Waals surface area contributed by atoms with Gasteiger partial charge in [0.25, 0.3) is 0 Å². The minimum atomic E-state index is -1.59. The zero-order valence-corrected chi connectivity index (χ0v) is 31.1. The summed E-state index contributed by atoms with van der Waals surface area (Å²) in [6.07, 6.45) is 25.9. The molecule has 1 rings (SSSR count). The molecule has 1 fully saturated rings. The number of unbranched alkanes of at least 4 members (excludes halogenated alkanes) is 14. The van der Waals surface area contributed by atoms with Crippen LogP contribution in [0.25, 0.3) is 0 Å². The summed E-state index contributed by atoms with van der Waals surface area (Å²) in [6, 6.07) is 0. The standard InChI is InChI=1S/C40H70O10/c1-3-5-7-9-11-13-14-15-16-17-18-19-20-21-23-25-27-29-36(43)49-33(31-47-35(42)28-26-24-22-12-10-8-6-4-2)32-48-40-39(46)38(45)37(44)34(30-41)50-40/h5,7,11,13,15-16,33-34,37-41,44-46H,3-4,6,8-10,12,14,17-32H2,1-2H3/b7-5-,13-11-,16-15-. The average molecular weight is 711 g/mol. The van der Waals surface area contributed by atoms with Gasteiger partial charge in [-0.15, -0.1) is 0 Å². The minimum absolute atomic E-state index is 0.219. The Kier molecular flexibility index (Phi) is 29.1. The van der Waals surface area contributed by atoms with E-state index in [1.165, 1.54) is 44.9 Å². The fraction of sp³-hybridized carbons (Fsp3) is 0.800. The maximum Gasteiger partial charge on any atom is 0.306 e. The van der Waals surface area contributed by atoms with Crippen molar-refractivity contribution in [3.63, 3.8) is 0 Å². The molecule has 0 aliphatic carbocycles. The molecule has 6 unspecified atom stereocenters. The van der Waals surface area contributed by atoms with Crippen LogP contribution in [-0.2, 0) is 28.5 Å². The Morgan fingerprint density at radius 2 is 1.18 bits per heavy atom. The zero-order chi connectivity index (χ0) is 36.7. The van der Waals surface area contributed by atoms with E-state index >= 15 is 0 Å². The SMILES string of the molecule is CC/C=C\C/C=C\C/C=C\CCCCCCCCCC(=O)OC(COC(=O)CCCCCCCCCC)COC1OC(CO)C(O)C(O)C1O. The molecule has 1 heterocycles. The molecule has 1 aliphatic rings. The van der Waals surface area contributed by atoms with E-state index in [9.17, 15) is 30.0 Å². The summed E-state index contributed by atoms with van der Waals surface area (Å²) in [4.78, 5) is 25.1. The molecule has 1 aliphatic heterocycles. The summed E-state index contributed by atoms with van der Waals surface area (Å²) in [5.74, 6) is -0.824. The van der Waals surface area contributed by atoms with Gasteiger partial charge >= 0.3 is 11.9 Å². The smallest absolute Gasteiger partial charge is 0.306 e. The third-order valence-corrected chi connectivity index (χ3v) is 8.79. The van der Waals surface area contributed by atoms with Gasteiger partial charge in [0.1, 0.15) is 31.0 Å². The van der Waals surface area contributed by atoms with Gasteiger partial charge in [0, 0.05) is 12.8 Å². The lowest BCUT2D eigenvalue weighted by atomic mass is 9.99. The largest absolute Gasteiger partial charge is 0.462 e. The van der Waals surface area contributed by atoms with Gasteiger partial charge in [0.15, 0.2) is 12.4 Å². The van der Waals surface area contributed by atoms with Crippen molar-refractivity contribution >= 4 is 11.9 Å². The van der Waals surface area contributed by atoms with E-state index in [-0.39, 0.29) is 32.0 Å². The quantitative estimate of drug-likeness (QED) is 0.0331. The summed E-state index contributed by atoms with van der Waals surface area (Å²) in [5, 5.41) is 39.9. The molecule has 0 aromatic carbocycles. The van der Waals surface area contributed by atoms with Gasteiger partial charge in [-0.1, -0.05) is 127 Å². The van der Waals surface area contributed by atoms with Crippen molar-refractivity contribution in [2.75, 3.05) is 19.8 Å². The van der Waals surface area contributed by atoms with Crippen LogP contribution in [0.1, 0.15) is 149 Å². The number of aliphatic hydroxyl groups excluding tert-OH is 4. The highest BCUT2D eigenvalue weighted by Gasteiger charge is 2.44. The van der Waals surface area contributed by atoms with Crippen LogP contribution in [0.2, 0.25) is 0 Å². The van der Waals surface area contributed by atoms with Crippen molar-refractivity contribution < 1.29 is 49.0 Å². The predicted molar refractivity (Wildman–Crippen MR) is 196 cm³/mol. The third kappa shape index (κ3) is 23.4. The molecule has 0 saturated carbocycles. The number of carbonyl (C=O) groups excluding carboxylic acids is 2. The van der Waals surface area contributed by atoms with Crippen LogP contribution in [0.5, 0.6) is 0 Å². The zero-order valence-electron chi connectivity index (χ0n) is 31.1. The molecule has 0 bridgehead atoms. The van der Waals surface area contributed by atoms with E-state index in [1.807, 2.05) is 0 Å². The van der Waals surface area contributed by atoms with Crippen LogP contribution in [-0.4, -0.2) is 89.0 Å². The minimum Gasteiger partial charge on any atom is -0.462 e. The number of esters is 2. The summed E-state index contributed by atoms with van der Waals surface area (Å²) >= 11 is 0. The second-order valence-electron chi connectivity index (χ2n) is 13.4. The lowest BCUT2D eigenvalue weighted by Gasteiger charge is -2.39. The van der Waals surface area contributed by atoms with Crippen LogP contribution in [0.4, 0.5) is 0 Å². The van der Waals surface area contributed by atoms with Crippen molar-refractivity contribution in [2.24, 2.45) is 0 Å². The van der Waals surface area contributed by atoms with Crippen molar-refractivity contribution in [3.05, 3.63) is 36.5 Å². The molecule has 0 aromatic rings. The van der Waals surface area contributed by atoms with Crippen molar-refractivity contribution in [1.29, 1.82) is 0 Å². The first-order valence-corrected chi connectivity index (χ1v) is 19.6. The lowest BCUT2D eigenvalue weighted by molar-refractivity contribution is -0.305. The molecule has 0 radical (unpaired) electrons. The molecule has 4 N–H and O–H groups in total. The maximum absolute atomic E-state index is 12.7. The van der Waals surface area contributed by atoms with Crippen molar-refractivity contribution in [3.8, 4) is 0 Å². The number of aliphatic hydroxyl groups is 4. The van der Waals surface area contributed by atoms with Crippen molar-refractivity contribution in [1.82, 2.24) is 0 Å². The van der Waals surface area contributed by atoms with Gasteiger partial charge < -0.3 is 39.4 Å². The summed E-state index contributed by atoms with van der Waals surface area (Å²) in [6.45, 7) is 3.25. The molecule has 50 heavy (non-hydrogen) atoms. The molecule has 10 nitrogen and oxygen atoms in total. The van der Waals surface area contributed by atoms with Gasteiger partial charge in [0.05, 0.1) is 13.2 Å². The third-order valence-electron chi connectivity index (χ3n) is 8.79. The molecule has 10 heteroatoms.